The second kappa shape index (κ2) is 8.02. The van der Waals surface area contributed by atoms with Crippen molar-refractivity contribution in [1.82, 2.24) is 0 Å². The van der Waals surface area contributed by atoms with E-state index in [1.54, 1.807) is 18.2 Å². The summed E-state index contributed by atoms with van der Waals surface area (Å²) in [6.07, 6.45) is 5.05. The highest BCUT2D eigenvalue weighted by Gasteiger charge is 2.10. The third-order valence-corrected chi connectivity index (χ3v) is 3.91. The van der Waals surface area contributed by atoms with Gasteiger partial charge in [0.05, 0.1) is 10.0 Å². The Bertz CT molecular complexity index is 703. The average Bonchev–Trinajstić information content (AvgIpc) is 2.53. The molecule has 5 heteroatoms. The molecule has 112 valence electrons. The Kier molecular flexibility index (Phi) is 6.05. The lowest BCUT2D eigenvalue weighted by atomic mass is 10.2. The molecule has 0 aromatic heterocycles. The van der Waals surface area contributed by atoms with Gasteiger partial charge < -0.3 is 9.47 Å². The van der Waals surface area contributed by atoms with Crippen LogP contribution in [0.2, 0.25) is 0 Å². The maximum Gasteiger partial charge on any atom is 0.339 e. The SMILES string of the molecule is C#CCOC(=O)c1ccc(OCc2ccc(Br)cc2)c(Br)c1. The van der Waals surface area contributed by atoms with E-state index in [1.165, 1.54) is 0 Å². The quantitative estimate of drug-likeness (QED) is 0.521. The number of rotatable bonds is 5. The predicted molar refractivity (Wildman–Crippen MR) is 91.7 cm³/mol. The van der Waals surface area contributed by atoms with E-state index in [1.807, 2.05) is 24.3 Å². The Labute approximate surface area is 145 Å². The van der Waals surface area contributed by atoms with Gasteiger partial charge in [0.15, 0.2) is 6.61 Å². The van der Waals surface area contributed by atoms with Crippen molar-refractivity contribution < 1.29 is 14.3 Å². The third-order valence-electron chi connectivity index (χ3n) is 2.76. The van der Waals surface area contributed by atoms with Gasteiger partial charge in [-0.05, 0) is 51.8 Å². The van der Waals surface area contributed by atoms with Gasteiger partial charge in [0.2, 0.25) is 0 Å². The van der Waals surface area contributed by atoms with Gasteiger partial charge in [-0.1, -0.05) is 34.0 Å². The first-order valence-electron chi connectivity index (χ1n) is 6.37. The molecule has 3 nitrogen and oxygen atoms in total. The zero-order valence-corrected chi connectivity index (χ0v) is 14.7. The summed E-state index contributed by atoms with van der Waals surface area (Å²) in [5, 5.41) is 0. The topological polar surface area (TPSA) is 35.5 Å². The van der Waals surface area contributed by atoms with E-state index in [4.69, 9.17) is 15.9 Å². The lowest BCUT2D eigenvalue weighted by Gasteiger charge is -2.09. The number of carbonyl (C=O) groups excluding carboxylic acids is 1. The van der Waals surface area contributed by atoms with E-state index < -0.39 is 5.97 Å². The van der Waals surface area contributed by atoms with Gasteiger partial charge in [0.25, 0.3) is 0 Å². The Morgan fingerprint density at radius 1 is 1.14 bits per heavy atom. The maximum atomic E-state index is 11.7. The minimum Gasteiger partial charge on any atom is -0.488 e. The summed E-state index contributed by atoms with van der Waals surface area (Å²) in [5.41, 5.74) is 1.46. The third kappa shape index (κ3) is 4.62. The summed E-state index contributed by atoms with van der Waals surface area (Å²) < 4.78 is 12.3. The lowest BCUT2D eigenvalue weighted by molar-refractivity contribution is 0.0556. The normalized spacial score (nSPS) is 9.86. The zero-order chi connectivity index (χ0) is 15.9. The Balaban J connectivity index is 2.02. The van der Waals surface area contributed by atoms with Crippen LogP contribution in [0.1, 0.15) is 15.9 Å². The molecular formula is C17H12Br2O3. The van der Waals surface area contributed by atoms with Gasteiger partial charge in [-0.2, -0.15) is 0 Å². The first-order chi connectivity index (χ1) is 10.6. The van der Waals surface area contributed by atoms with Gasteiger partial charge >= 0.3 is 5.97 Å². The molecule has 0 aliphatic heterocycles. The van der Waals surface area contributed by atoms with Crippen molar-refractivity contribution in [3.8, 4) is 18.1 Å². The summed E-state index contributed by atoms with van der Waals surface area (Å²) in [6, 6.07) is 12.9. The number of esters is 1. The molecular weight excluding hydrogens is 412 g/mol. The van der Waals surface area contributed by atoms with Crippen LogP contribution in [0.3, 0.4) is 0 Å². The van der Waals surface area contributed by atoms with Crippen LogP contribution in [0.4, 0.5) is 0 Å². The Hall–Kier alpha value is -1.77. The van der Waals surface area contributed by atoms with Crippen LogP contribution in [0.5, 0.6) is 5.75 Å². The van der Waals surface area contributed by atoms with Crippen molar-refractivity contribution in [2.75, 3.05) is 6.61 Å². The zero-order valence-electron chi connectivity index (χ0n) is 11.5. The van der Waals surface area contributed by atoms with Gasteiger partial charge in [-0.15, -0.1) is 6.42 Å². The molecule has 0 saturated carbocycles. The van der Waals surface area contributed by atoms with Crippen LogP contribution in [0.25, 0.3) is 0 Å². The largest absolute Gasteiger partial charge is 0.488 e. The van der Waals surface area contributed by atoms with Gasteiger partial charge in [-0.25, -0.2) is 4.79 Å². The first kappa shape index (κ1) is 16.6. The fourth-order valence-corrected chi connectivity index (χ4v) is 2.43. The smallest absolute Gasteiger partial charge is 0.339 e. The number of carbonyl (C=O) groups is 1. The van der Waals surface area contributed by atoms with Gasteiger partial charge in [0.1, 0.15) is 12.4 Å². The van der Waals surface area contributed by atoms with Crippen molar-refractivity contribution in [3.05, 3.63) is 62.5 Å². The van der Waals surface area contributed by atoms with Crippen LogP contribution in [-0.4, -0.2) is 12.6 Å². The monoisotopic (exact) mass is 422 g/mol. The van der Waals surface area contributed by atoms with Crippen molar-refractivity contribution >= 4 is 37.8 Å². The number of terminal acetylenes is 1. The molecule has 0 spiro atoms. The van der Waals surface area contributed by atoms with E-state index >= 15 is 0 Å². The minimum atomic E-state index is -0.460. The number of hydrogen-bond acceptors (Lipinski definition) is 3. The highest BCUT2D eigenvalue weighted by molar-refractivity contribution is 9.10. The summed E-state index contributed by atoms with van der Waals surface area (Å²) in [5.74, 6) is 2.44. The summed E-state index contributed by atoms with van der Waals surface area (Å²) >= 11 is 6.78. The summed E-state index contributed by atoms with van der Waals surface area (Å²) in [6.45, 7) is 0.394. The molecule has 2 rings (SSSR count). The molecule has 22 heavy (non-hydrogen) atoms. The van der Waals surface area contributed by atoms with Crippen molar-refractivity contribution in [1.29, 1.82) is 0 Å². The van der Waals surface area contributed by atoms with E-state index in [-0.39, 0.29) is 6.61 Å². The Morgan fingerprint density at radius 2 is 1.86 bits per heavy atom. The number of ether oxygens (including phenoxy) is 2. The first-order valence-corrected chi connectivity index (χ1v) is 7.96. The van der Waals surface area contributed by atoms with Crippen molar-refractivity contribution in [2.45, 2.75) is 6.61 Å². The van der Waals surface area contributed by atoms with Gasteiger partial charge in [-0.3, -0.25) is 0 Å². The number of halogens is 2. The molecule has 0 fully saturated rings. The molecule has 0 atom stereocenters. The fourth-order valence-electron chi connectivity index (χ4n) is 1.68. The highest BCUT2D eigenvalue weighted by Crippen LogP contribution is 2.27. The molecule has 0 aliphatic carbocycles. The van der Waals surface area contributed by atoms with Crippen molar-refractivity contribution in [3.63, 3.8) is 0 Å². The molecule has 0 amide bonds. The van der Waals surface area contributed by atoms with Crippen LogP contribution in [0.15, 0.2) is 51.4 Å². The fraction of sp³-hybridized carbons (Fsp3) is 0.118. The van der Waals surface area contributed by atoms with Crippen LogP contribution in [-0.2, 0) is 11.3 Å². The Morgan fingerprint density at radius 3 is 2.50 bits per heavy atom. The second-order valence-corrected chi connectivity index (χ2v) is 6.11. The van der Waals surface area contributed by atoms with E-state index in [9.17, 15) is 4.79 Å². The summed E-state index contributed by atoms with van der Waals surface area (Å²) in [7, 11) is 0. The molecule has 0 heterocycles. The molecule has 0 radical (unpaired) electrons. The molecule has 0 unspecified atom stereocenters. The molecule has 0 bridgehead atoms. The molecule has 2 aromatic rings. The van der Waals surface area contributed by atoms with E-state index in [2.05, 4.69) is 37.8 Å². The van der Waals surface area contributed by atoms with Crippen molar-refractivity contribution in [2.24, 2.45) is 0 Å². The van der Waals surface area contributed by atoms with Crippen LogP contribution >= 0.6 is 31.9 Å². The van der Waals surface area contributed by atoms with E-state index in [0.717, 1.165) is 10.0 Å². The number of hydrogen-bond donors (Lipinski definition) is 0. The van der Waals surface area contributed by atoms with E-state index in [0.29, 0.717) is 22.4 Å². The number of benzene rings is 2. The van der Waals surface area contributed by atoms with Crippen LogP contribution < -0.4 is 4.74 Å². The highest BCUT2D eigenvalue weighted by atomic mass is 79.9. The molecule has 0 saturated heterocycles. The minimum absolute atomic E-state index is 0.0434. The summed E-state index contributed by atoms with van der Waals surface area (Å²) in [4.78, 5) is 11.7. The molecule has 2 aromatic carbocycles. The lowest BCUT2D eigenvalue weighted by Crippen LogP contribution is -2.05. The molecule has 0 aliphatic rings. The average molecular weight is 424 g/mol. The van der Waals surface area contributed by atoms with Gasteiger partial charge in [0, 0.05) is 4.47 Å². The van der Waals surface area contributed by atoms with Crippen LogP contribution in [0, 0.1) is 12.3 Å². The predicted octanol–water partition coefficient (Wildman–Crippen LogP) is 4.58. The standard InChI is InChI=1S/C17H12Br2O3/c1-2-9-21-17(20)13-5-8-16(15(19)10-13)22-11-12-3-6-14(18)7-4-12/h1,3-8,10H,9,11H2. The molecule has 0 N–H and O–H groups in total. The maximum absolute atomic E-state index is 11.7. The second-order valence-electron chi connectivity index (χ2n) is 4.34.